The van der Waals surface area contributed by atoms with E-state index in [9.17, 15) is 0 Å². The second-order valence-corrected chi connectivity index (χ2v) is 8.36. The van der Waals surface area contributed by atoms with E-state index in [1.165, 1.54) is 15.9 Å². The Bertz CT molecular complexity index is 1200. The van der Waals surface area contributed by atoms with Gasteiger partial charge in [0, 0.05) is 54.2 Å². The lowest BCUT2D eigenvalue weighted by Gasteiger charge is -2.37. The molecule has 4 aromatic rings. The van der Waals surface area contributed by atoms with Gasteiger partial charge in [-0.1, -0.05) is 41.9 Å². The van der Waals surface area contributed by atoms with Crippen LogP contribution in [0.15, 0.2) is 42.5 Å². The number of nitrogens with one attached hydrogen (secondary N) is 1. The Morgan fingerprint density at radius 2 is 1.84 bits per heavy atom. The molecule has 9 heteroatoms. The molecule has 0 unspecified atom stereocenters. The maximum atomic E-state index is 6.20. The number of piperazine rings is 1. The fraction of sp³-hybridized carbons (Fsp3) is 0.364. The first-order chi connectivity index (χ1) is 15.2. The fourth-order valence-electron chi connectivity index (χ4n) is 4.22. The molecule has 1 aliphatic rings. The Balaban J connectivity index is 1.15. The van der Waals surface area contributed by atoms with Gasteiger partial charge in [-0.25, -0.2) is 0 Å². The largest absolute Gasteiger partial charge is 0.369 e. The summed E-state index contributed by atoms with van der Waals surface area (Å²) in [6.07, 6.45) is 1.04. The smallest absolute Gasteiger partial charge is 0.207 e. The van der Waals surface area contributed by atoms with Crippen molar-refractivity contribution in [2.45, 2.75) is 13.3 Å². The van der Waals surface area contributed by atoms with Crippen molar-refractivity contribution in [1.82, 2.24) is 30.2 Å². The van der Waals surface area contributed by atoms with E-state index in [0.717, 1.165) is 67.3 Å². The minimum atomic E-state index is 0.675. The average molecular weight is 437 g/mol. The van der Waals surface area contributed by atoms with E-state index in [1.807, 2.05) is 24.3 Å². The Morgan fingerprint density at radius 1 is 1.03 bits per heavy atom. The van der Waals surface area contributed by atoms with Gasteiger partial charge in [-0.3, -0.25) is 4.90 Å². The van der Waals surface area contributed by atoms with Gasteiger partial charge in [0.05, 0.1) is 0 Å². The highest BCUT2D eigenvalue weighted by atomic mass is 35.5. The van der Waals surface area contributed by atoms with Crippen LogP contribution in [-0.2, 0) is 0 Å². The van der Waals surface area contributed by atoms with Crippen LogP contribution in [0.1, 0.15) is 12.0 Å². The molecule has 1 fully saturated rings. The van der Waals surface area contributed by atoms with Crippen molar-refractivity contribution in [3.63, 3.8) is 0 Å². The van der Waals surface area contributed by atoms with E-state index >= 15 is 0 Å². The number of anilines is 2. The van der Waals surface area contributed by atoms with Crippen molar-refractivity contribution in [3.05, 3.63) is 53.1 Å². The van der Waals surface area contributed by atoms with Gasteiger partial charge in [0.2, 0.25) is 5.65 Å². The topological polar surface area (TPSA) is 74.5 Å². The molecule has 1 saturated heterocycles. The number of aromatic nitrogens is 5. The van der Waals surface area contributed by atoms with Crippen LogP contribution in [-0.4, -0.2) is 69.4 Å². The Morgan fingerprint density at radius 3 is 2.68 bits per heavy atom. The van der Waals surface area contributed by atoms with Crippen molar-refractivity contribution < 1.29 is 0 Å². The molecular formula is C22H25ClN8. The minimum Gasteiger partial charge on any atom is -0.369 e. The van der Waals surface area contributed by atoms with Crippen molar-refractivity contribution in [3.8, 4) is 0 Å². The lowest BCUT2D eigenvalue weighted by atomic mass is 10.1. The number of benzene rings is 2. The zero-order valence-electron chi connectivity index (χ0n) is 17.5. The summed E-state index contributed by atoms with van der Waals surface area (Å²) in [5.74, 6) is 0.816. The van der Waals surface area contributed by atoms with Crippen molar-refractivity contribution in [2.24, 2.45) is 0 Å². The van der Waals surface area contributed by atoms with Gasteiger partial charge < -0.3 is 10.2 Å². The number of hydrogen-bond donors (Lipinski definition) is 1. The van der Waals surface area contributed by atoms with Gasteiger partial charge >= 0.3 is 0 Å². The first kappa shape index (κ1) is 20.0. The summed E-state index contributed by atoms with van der Waals surface area (Å²) in [6.45, 7) is 8.22. The molecular weight excluding hydrogens is 412 g/mol. The molecule has 0 radical (unpaired) electrons. The number of tetrazole rings is 1. The summed E-state index contributed by atoms with van der Waals surface area (Å²) >= 11 is 6.20. The number of halogens is 1. The highest BCUT2D eigenvalue weighted by Crippen LogP contribution is 2.26. The minimum absolute atomic E-state index is 0.675. The monoisotopic (exact) mass is 436 g/mol. The van der Waals surface area contributed by atoms with Crippen LogP contribution in [0.2, 0.25) is 5.02 Å². The van der Waals surface area contributed by atoms with E-state index in [2.05, 4.69) is 60.9 Å². The number of rotatable bonds is 6. The standard InChI is InChI=1S/C22H25ClN8/c1-16-7-8-17(23)15-20(16)30-13-11-29(12-14-30)10-4-9-24-21-18-5-2-3-6-19(18)22-25-27-28-31(22)26-21/h2-3,5-8,15H,4,9-14H2,1H3,(H,24,26). The third kappa shape index (κ3) is 4.13. The SMILES string of the molecule is Cc1ccc(Cl)cc1N1CCN(CCCNc2nn3nnnc3c3ccccc23)CC1. The first-order valence-electron chi connectivity index (χ1n) is 10.6. The number of nitrogens with zero attached hydrogens (tertiary/aromatic N) is 7. The van der Waals surface area contributed by atoms with E-state index in [4.69, 9.17) is 11.6 Å². The maximum absolute atomic E-state index is 6.20. The average Bonchev–Trinajstić information content (AvgIpc) is 3.28. The van der Waals surface area contributed by atoms with Crippen LogP contribution < -0.4 is 10.2 Å². The summed E-state index contributed by atoms with van der Waals surface area (Å²) in [5.41, 5.74) is 3.21. The highest BCUT2D eigenvalue weighted by molar-refractivity contribution is 6.30. The molecule has 0 saturated carbocycles. The molecule has 1 aliphatic heterocycles. The second-order valence-electron chi connectivity index (χ2n) is 7.93. The molecule has 2 aromatic heterocycles. The molecule has 2 aromatic carbocycles. The predicted octanol–water partition coefficient (Wildman–Crippen LogP) is 3.26. The normalized spacial score (nSPS) is 15.1. The zero-order chi connectivity index (χ0) is 21.2. The van der Waals surface area contributed by atoms with E-state index in [-0.39, 0.29) is 0 Å². The molecule has 0 aliphatic carbocycles. The number of hydrogen-bond acceptors (Lipinski definition) is 7. The summed E-state index contributed by atoms with van der Waals surface area (Å²) in [6, 6.07) is 14.2. The van der Waals surface area contributed by atoms with Crippen molar-refractivity contribution in [2.75, 3.05) is 49.5 Å². The van der Waals surface area contributed by atoms with Crippen LogP contribution in [0.25, 0.3) is 16.4 Å². The van der Waals surface area contributed by atoms with Crippen molar-refractivity contribution in [1.29, 1.82) is 0 Å². The van der Waals surface area contributed by atoms with Crippen LogP contribution >= 0.6 is 11.6 Å². The highest BCUT2D eigenvalue weighted by Gasteiger charge is 2.18. The Labute approximate surface area is 185 Å². The molecule has 1 N–H and O–H groups in total. The summed E-state index contributed by atoms with van der Waals surface area (Å²) in [4.78, 5) is 4.96. The quantitative estimate of drug-likeness (QED) is 0.465. The van der Waals surface area contributed by atoms with Gasteiger partial charge in [0.1, 0.15) is 0 Å². The molecule has 0 atom stereocenters. The lowest BCUT2D eigenvalue weighted by Crippen LogP contribution is -2.47. The van der Waals surface area contributed by atoms with Crippen LogP contribution in [0.5, 0.6) is 0 Å². The summed E-state index contributed by atoms with van der Waals surface area (Å²) in [7, 11) is 0. The number of fused-ring (bicyclic) bond motifs is 3. The summed E-state index contributed by atoms with van der Waals surface area (Å²) < 4.78 is 1.49. The van der Waals surface area contributed by atoms with Crippen LogP contribution in [0.3, 0.4) is 0 Å². The predicted molar refractivity (Wildman–Crippen MR) is 124 cm³/mol. The molecule has 3 heterocycles. The Kier molecular flexibility index (Phi) is 5.57. The van der Waals surface area contributed by atoms with Gasteiger partial charge in [0.15, 0.2) is 5.82 Å². The first-order valence-corrected chi connectivity index (χ1v) is 11.0. The Hall–Kier alpha value is -2.97. The van der Waals surface area contributed by atoms with Crippen LogP contribution in [0, 0.1) is 6.92 Å². The van der Waals surface area contributed by atoms with Crippen molar-refractivity contribution >= 4 is 39.5 Å². The van der Waals surface area contributed by atoms with E-state index in [0.29, 0.717) is 5.65 Å². The zero-order valence-corrected chi connectivity index (χ0v) is 18.3. The lowest BCUT2D eigenvalue weighted by molar-refractivity contribution is 0.257. The molecule has 0 bridgehead atoms. The molecule has 31 heavy (non-hydrogen) atoms. The molecule has 0 amide bonds. The fourth-order valence-corrected chi connectivity index (χ4v) is 4.39. The van der Waals surface area contributed by atoms with Gasteiger partial charge in [-0.15, -0.1) is 14.8 Å². The maximum Gasteiger partial charge on any atom is 0.207 e. The molecule has 8 nitrogen and oxygen atoms in total. The van der Waals surface area contributed by atoms with Gasteiger partial charge in [-0.2, -0.15) is 0 Å². The van der Waals surface area contributed by atoms with E-state index < -0.39 is 0 Å². The third-order valence-corrected chi connectivity index (χ3v) is 6.13. The van der Waals surface area contributed by atoms with Gasteiger partial charge in [0.25, 0.3) is 0 Å². The summed E-state index contributed by atoms with van der Waals surface area (Å²) in [5, 5.41) is 22.6. The number of aryl methyl sites for hydroxylation is 1. The third-order valence-electron chi connectivity index (χ3n) is 5.90. The van der Waals surface area contributed by atoms with Gasteiger partial charge in [-0.05, 0) is 48.0 Å². The van der Waals surface area contributed by atoms with Crippen LogP contribution in [0.4, 0.5) is 11.5 Å². The van der Waals surface area contributed by atoms with E-state index in [1.54, 1.807) is 0 Å². The molecule has 5 rings (SSSR count). The second kappa shape index (κ2) is 8.64. The molecule has 160 valence electrons. The molecule has 0 spiro atoms.